The van der Waals surface area contributed by atoms with Gasteiger partial charge in [-0.15, -0.1) is 0 Å². The van der Waals surface area contributed by atoms with E-state index < -0.39 is 16.1 Å². The Morgan fingerprint density at radius 3 is 2.04 bits per heavy atom. The second kappa shape index (κ2) is 7.10. The number of hydrogen-bond acceptors (Lipinski definition) is 3. The third-order valence-electron chi connectivity index (χ3n) is 3.55. The maximum atomic E-state index is 13.1. The molecule has 0 amide bonds. The predicted octanol–water partition coefficient (Wildman–Crippen LogP) is 3.51. The van der Waals surface area contributed by atoms with Crippen LogP contribution in [-0.4, -0.2) is 15.5 Å². The second-order valence-corrected chi connectivity index (χ2v) is 7.28. The van der Waals surface area contributed by atoms with E-state index in [9.17, 15) is 12.8 Å². The lowest BCUT2D eigenvalue weighted by molar-refractivity contribution is 0.414. The van der Waals surface area contributed by atoms with Crippen molar-refractivity contribution in [1.82, 2.24) is 4.72 Å². The van der Waals surface area contributed by atoms with Gasteiger partial charge in [0.15, 0.2) is 0 Å². The number of sulfonamides is 1. The zero-order valence-corrected chi connectivity index (χ0v) is 14.1. The quantitative estimate of drug-likeness (QED) is 0.877. The average Bonchev–Trinajstić information content (AvgIpc) is 2.53. The van der Waals surface area contributed by atoms with Crippen molar-refractivity contribution in [1.29, 1.82) is 0 Å². The highest BCUT2D eigenvalue weighted by atomic mass is 32.2. The Morgan fingerprint density at radius 2 is 1.57 bits per heavy atom. The fraction of sp³-hybridized carbons (Fsp3) is 0.294. The van der Waals surface area contributed by atoms with Crippen molar-refractivity contribution in [2.24, 2.45) is 5.92 Å². The molecule has 0 saturated carbocycles. The van der Waals surface area contributed by atoms with Crippen molar-refractivity contribution < 1.29 is 17.5 Å². The molecule has 23 heavy (non-hydrogen) atoms. The Balaban J connectivity index is 2.29. The SMILES string of the molecule is COc1ccc(S(=O)(=O)NC(c2ccc(F)cc2)C(C)C)cc1. The molecule has 0 radical (unpaired) electrons. The number of hydrogen-bond donors (Lipinski definition) is 1. The van der Waals surface area contributed by atoms with Gasteiger partial charge in [0.2, 0.25) is 10.0 Å². The molecule has 0 aromatic heterocycles. The van der Waals surface area contributed by atoms with E-state index in [1.807, 2.05) is 13.8 Å². The number of nitrogens with one attached hydrogen (secondary N) is 1. The van der Waals surface area contributed by atoms with Crippen LogP contribution >= 0.6 is 0 Å². The topological polar surface area (TPSA) is 55.4 Å². The van der Waals surface area contributed by atoms with Crippen LogP contribution in [0.5, 0.6) is 5.75 Å². The van der Waals surface area contributed by atoms with E-state index in [1.54, 1.807) is 24.3 Å². The minimum absolute atomic E-state index is 0.00786. The summed E-state index contributed by atoms with van der Waals surface area (Å²) in [5.41, 5.74) is 0.721. The first kappa shape index (κ1) is 17.4. The molecule has 2 aromatic rings. The first-order valence-electron chi connectivity index (χ1n) is 7.25. The minimum Gasteiger partial charge on any atom is -0.497 e. The smallest absolute Gasteiger partial charge is 0.241 e. The molecule has 0 spiro atoms. The lowest BCUT2D eigenvalue weighted by atomic mass is 9.97. The van der Waals surface area contributed by atoms with Crippen molar-refractivity contribution in [3.63, 3.8) is 0 Å². The Labute approximate surface area is 136 Å². The number of rotatable bonds is 6. The molecule has 0 aliphatic rings. The molecule has 0 aliphatic heterocycles. The van der Waals surface area contributed by atoms with Crippen LogP contribution < -0.4 is 9.46 Å². The van der Waals surface area contributed by atoms with Crippen LogP contribution in [-0.2, 0) is 10.0 Å². The fourth-order valence-corrected chi connectivity index (χ4v) is 3.62. The van der Waals surface area contributed by atoms with Gasteiger partial charge >= 0.3 is 0 Å². The largest absolute Gasteiger partial charge is 0.497 e. The number of halogens is 1. The normalized spacial score (nSPS) is 13.1. The summed E-state index contributed by atoms with van der Waals surface area (Å²) in [5, 5.41) is 0. The zero-order valence-electron chi connectivity index (χ0n) is 13.3. The van der Waals surface area contributed by atoms with Crippen molar-refractivity contribution in [2.75, 3.05) is 7.11 Å². The Hall–Kier alpha value is -1.92. The highest BCUT2D eigenvalue weighted by Gasteiger charge is 2.24. The lowest BCUT2D eigenvalue weighted by Gasteiger charge is -2.23. The number of ether oxygens (including phenoxy) is 1. The summed E-state index contributed by atoms with van der Waals surface area (Å²) >= 11 is 0. The molecular formula is C17H20FNO3S. The van der Waals surface area contributed by atoms with Gasteiger partial charge in [-0.1, -0.05) is 26.0 Å². The molecular weight excluding hydrogens is 317 g/mol. The molecule has 0 fully saturated rings. The first-order valence-corrected chi connectivity index (χ1v) is 8.73. The first-order chi connectivity index (χ1) is 10.8. The van der Waals surface area contributed by atoms with Crippen molar-refractivity contribution >= 4 is 10.0 Å². The average molecular weight is 337 g/mol. The third-order valence-corrected chi connectivity index (χ3v) is 5.00. The molecule has 0 saturated heterocycles. The molecule has 0 bridgehead atoms. The summed E-state index contributed by atoms with van der Waals surface area (Å²) in [6, 6.07) is 11.6. The zero-order chi connectivity index (χ0) is 17.0. The van der Waals surface area contributed by atoms with Crippen LogP contribution in [0.15, 0.2) is 53.4 Å². The fourth-order valence-electron chi connectivity index (χ4n) is 2.25. The second-order valence-electron chi connectivity index (χ2n) is 5.57. The van der Waals surface area contributed by atoms with Gasteiger partial charge in [0.1, 0.15) is 11.6 Å². The van der Waals surface area contributed by atoms with Crippen LogP contribution in [0.1, 0.15) is 25.5 Å². The van der Waals surface area contributed by atoms with Crippen LogP contribution in [0.3, 0.4) is 0 Å². The van der Waals surface area contributed by atoms with Gasteiger partial charge in [-0.3, -0.25) is 0 Å². The predicted molar refractivity (Wildman–Crippen MR) is 87.3 cm³/mol. The summed E-state index contributed by atoms with van der Waals surface area (Å²) in [7, 11) is -2.17. The van der Waals surface area contributed by atoms with E-state index in [0.717, 1.165) is 5.56 Å². The maximum absolute atomic E-state index is 13.1. The molecule has 2 aromatic carbocycles. The van der Waals surface area contributed by atoms with E-state index in [-0.39, 0.29) is 16.6 Å². The van der Waals surface area contributed by atoms with Crippen LogP contribution in [0.25, 0.3) is 0 Å². The molecule has 6 heteroatoms. The Morgan fingerprint density at radius 1 is 1.00 bits per heavy atom. The van der Waals surface area contributed by atoms with Gasteiger partial charge in [0.25, 0.3) is 0 Å². The van der Waals surface area contributed by atoms with Crippen molar-refractivity contribution in [3.8, 4) is 5.75 Å². The number of benzene rings is 2. The van der Waals surface area contributed by atoms with E-state index in [2.05, 4.69) is 4.72 Å². The van der Waals surface area contributed by atoms with E-state index >= 15 is 0 Å². The van der Waals surface area contributed by atoms with Crippen molar-refractivity contribution in [3.05, 3.63) is 59.9 Å². The van der Waals surface area contributed by atoms with Gasteiger partial charge in [-0.2, -0.15) is 0 Å². The Kier molecular flexibility index (Phi) is 5.38. The molecule has 2 rings (SSSR count). The Bertz CT molecular complexity index is 740. The minimum atomic E-state index is -3.69. The number of methoxy groups -OCH3 is 1. The molecule has 1 atom stereocenters. The highest BCUT2D eigenvalue weighted by molar-refractivity contribution is 7.89. The summed E-state index contributed by atoms with van der Waals surface area (Å²) in [6.07, 6.45) is 0. The third kappa shape index (κ3) is 4.30. The molecule has 0 aliphatic carbocycles. The van der Waals surface area contributed by atoms with Gasteiger partial charge in [0.05, 0.1) is 12.0 Å². The van der Waals surface area contributed by atoms with Crippen LogP contribution in [0.2, 0.25) is 0 Å². The van der Waals surface area contributed by atoms with E-state index in [4.69, 9.17) is 4.74 Å². The summed E-state index contributed by atoms with van der Waals surface area (Å²) in [6.45, 7) is 3.81. The van der Waals surface area contributed by atoms with Gasteiger partial charge in [-0.05, 0) is 47.9 Å². The van der Waals surface area contributed by atoms with Crippen molar-refractivity contribution in [2.45, 2.75) is 24.8 Å². The molecule has 1 N–H and O–H groups in total. The molecule has 124 valence electrons. The standard InChI is InChI=1S/C17H20FNO3S/c1-12(2)17(13-4-6-14(18)7-5-13)19-23(20,21)16-10-8-15(22-3)9-11-16/h4-12,17,19H,1-3H3. The van der Waals surface area contributed by atoms with Gasteiger partial charge < -0.3 is 4.74 Å². The van der Waals surface area contributed by atoms with Gasteiger partial charge in [-0.25, -0.2) is 17.5 Å². The summed E-state index contributed by atoms with van der Waals surface area (Å²) in [4.78, 5) is 0.158. The monoisotopic (exact) mass is 337 g/mol. The van der Waals surface area contributed by atoms with E-state index in [1.165, 1.54) is 31.4 Å². The lowest BCUT2D eigenvalue weighted by Crippen LogP contribution is -2.31. The highest BCUT2D eigenvalue weighted by Crippen LogP contribution is 2.25. The summed E-state index contributed by atoms with van der Waals surface area (Å²) in [5.74, 6) is 0.241. The maximum Gasteiger partial charge on any atom is 0.241 e. The van der Waals surface area contributed by atoms with Gasteiger partial charge in [0, 0.05) is 6.04 Å². The van der Waals surface area contributed by atoms with Crippen LogP contribution in [0, 0.1) is 11.7 Å². The molecule has 1 unspecified atom stereocenters. The molecule has 0 heterocycles. The van der Waals surface area contributed by atoms with Crippen LogP contribution in [0.4, 0.5) is 4.39 Å². The molecule has 4 nitrogen and oxygen atoms in total. The van der Waals surface area contributed by atoms with E-state index in [0.29, 0.717) is 5.75 Å². The summed E-state index contributed by atoms with van der Waals surface area (Å²) < 4.78 is 45.9.